The first kappa shape index (κ1) is 15.4. The maximum absolute atomic E-state index is 11.5. The number of thiocarbonyl (C=S) groups is 1. The summed E-state index contributed by atoms with van der Waals surface area (Å²) in [5, 5.41) is 0.548. The van der Waals surface area contributed by atoms with Crippen LogP contribution in [0.25, 0.3) is 0 Å². The molecule has 1 aromatic heterocycles. The number of para-hydroxylation sites is 1. The summed E-state index contributed by atoms with van der Waals surface area (Å²) in [4.78, 5) is 21.7. The molecule has 0 atom stereocenters. The Morgan fingerprint density at radius 2 is 1.74 bits per heavy atom. The summed E-state index contributed by atoms with van der Waals surface area (Å²) in [7, 11) is 0. The second-order valence-electron chi connectivity index (χ2n) is 5.26. The van der Waals surface area contributed by atoms with Crippen molar-refractivity contribution in [1.82, 2.24) is 9.88 Å². The molecule has 1 aliphatic rings. The molecule has 1 fully saturated rings. The minimum atomic E-state index is 0.548. The molecule has 0 bridgehead atoms. The fraction of sp³-hybridized carbons (Fsp3) is 0.235. The lowest BCUT2D eigenvalue weighted by atomic mass is 10.3. The Labute approximate surface area is 141 Å². The van der Waals surface area contributed by atoms with Crippen molar-refractivity contribution < 1.29 is 4.79 Å². The molecule has 5 nitrogen and oxygen atoms in total. The Morgan fingerprint density at radius 1 is 1.04 bits per heavy atom. The average Bonchev–Trinajstić information content (AvgIpc) is 2.64. The molecule has 0 spiro atoms. The summed E-state index contributed by atoms with van der Waals surface area (Å²) >= 11 is 5.52. The zero-order valence-corrected chi connectivity index (χ0v) is 13.5. The number of hydrogen-bond donors (Lipinski definition) is 0. The van der Waals surface area contributed by atoms with Gasteiger partial charge in [-0.15, -0.1) is 0 Å². The molecular weight excluding hydrogens is 308 g/mol. The van der Waals surface area contributed by atoms with Gasteiger partial charge in [0.1, 0.15) is 5.82 Å². The lowest BCUT2D eigenvalue weighted by molar-refractivity contribution is -0.106. The molecule has 1 amide bonds. The summed E-state index contributed by atoms with van der Waals surface area (Å²) in [5.74, 6) is 0.980. The highest BCUT2D eigenvalue weighted by Gasteiger charge is 2.23. The largest absolute Gasteiger partial charge is 0.353 e. The quantitative estimate of drug-likeness (QED) is 0.638. The number of hydrogen-bond acceptors (Lipinski definition) is 4. The summed E-state index contributed by atoms with van der Waals surface area (Å²) in [6.07, 6.45) is 2.58. The molecule has 1 aliphatic heterocycles. The number of carbonyl (C=O) groups excluding carboxylic acids is 1. The number of benzene rings is 1. The third-order valence-corrected chi connectivity index (χ3v) is 4.32. The normalized spacial score (nSPS) is 14.4. The second-order valence-corrected chi connectivity index (χ2v) is 5.62. The molecular formula is C17H18N4OS. The highest BCUT2D eigenvalue weighted by molar-refractivity contribution is 7.80. The van der Waals surface area contributed by atoms with Crippen molar-refractivity contribution in [2.45, 2.75) is 0 Å². The van der Waals surface area contributed by atoms with Gasteiger partial charge in [-0.3, -0.25) is 9.69 Å². The number of aromatic nitrogens is 1. The Morgan fingerprint density at radius 3 is 2.35 bits per heavy atom. The van der Waals surface area contributed by atoms with Gasteiger partial charge in [0.25, 0.3) is 0 Å². The number of carbonyl (C=O) groups is 1. The molecule has 118 valence electrons. The van der Waals surface area contributed by atoms with E-state index < -0.39 is 0 Å². The minimum absolute atomic E-state index is 0.548. The van der Waals surface area contributed by atoms with Crippen LogP contribution in [0.4, 0.5) is 11.5 Å². The van der Waals surface area contributed by atoms with Crippen molar-refractivity contribution in [2.24, 2.45) is 0 Å². The van der Waals surface area contributed by atoms with Crippen LogP contribution in [-0.4, -0.2) is 47.6 Å². The van der Waals surface area contributed by atoms with E-state index >= 15 is 0 Å². The molecule has 3 rings (SSSR count). The van der Waals surface area contributed by atoms with Gasteiger partial charge in [-0.1, -0.05) is 24.3 Å². The Bertz CT molecular complexity index is 657. The standard InChI is InChI=1S/C17H18N4OS/c22-14-21(15-6-2-1-3-7-15)17(23)20-12-10-19(11-13-20)16-8-4-5-9-18-16/h1-9,14H,10-13H2. The number of anilines is 2. The molecule has 0 radical (unpaired) electrons. The van der Waals surface area contributed by atoms with Gasteiger partial charge in [-0.05, 0) is 36.5 Å². The number of nitrogens with zero attached hydrogens (tertiary/aromatic N) is 4. The van der Waals surface area contributed by atoms with Crippen molar-refractivity contribution in [3.05, 3.63) is 54.7 Å². The predicted octanol–water partition coefficient (Wildman–Crippen LogP) is 2.15. The number of piperazine rings is 1. The third-order valence-electron chi connectivity index (χ3n) is 3.87. The van der Waals surface area contributed by atoms with Crippen molar-refractivity contribution >= 4 is 35.2 Å². The first-order chi connectivity index (χ1) is 11.3. The van der Waals surface area contributed by atoms with E-state index in [9.17, 15) is 4.79 Å². The highest BCUT2D eigenvalue weighted by Crippen LogP contribution is 2.17. The second kappa shape index (κ2) is 7.19. The van der Waals surface area contributed by atoms with Crippen LogP contribution in [0, 0.1) is 0 Å². The number of rotatable bonds is 3. The van der Waals surface area contributed by atoms with Crippen molar-refractivity contribution in [1.29, 1.82) is 0 Å². The molecule has 0 aliphatic carbocycles. The zero-order chi connectivity index (χ0) is 16.1. The molecule has 23 heavy (non-hydrogen) atoms. The van der Waals surface area contributed by atoms with Crippen LogP contribution in [-0.2, 0) is 4.79 Å². The Kier molecular flexibility index (Phi) is 4.83. The maximum atomic E-state index is 11.5. The first-order valence-electron chi connectivity index (χ1n) is 7.54. The van der Waals surface area contributed by atoms with Gasteiger partial charge < -0.3 is 9.80 Å². The lowest BCUT2D eigenvalue weighted by Gasteiger charge is -2.38. The lowest BCUT2D eigenvalue weighted by Crippen LogP contribution is -2.53. The first-order valence-corrected chi connectivity index (χ1v) is 7.95. The van der Waals surface area contributed by atoms with Crippen LogP contribution in [0.5, 0.6) is 0 Å². The molecule has 1 aromatic carbocycles. The maximum Gasteiger partial charge on any atom is 0.220 e. The van der Waals surface area contributed by atoms with Gasteiger partial charge in [-0.25, -0.2) is 4.98 Å². The third kappa shape index (κ3) is 3.48. The van der Waals surface area contributed by atoms with E-state index in [4.69, 9.17) is 12.2 Å². The van der Waals surface area contributed by atoms with Crippen LogP contribution in [0.15, 0.2) is 54.7 Å². The van der Waals surface area contributed by atoms with Crippen molar-refractivity contribution in [2.75, 3.05) is 36.0 Å². The van der Waals surface area contributed by atoms with Gasteiger partial charge in [0, 0.05) is 32.4 Å². The van der Waals surface area contributed by atoms with Crippen LogP contribution < -0.4 is 9.80 Å². The summed E-state index contributed by atoms with van der Waals surface area (Å²) in [6.45, 7) is 3.20. The van der Waals surface area contributed by atoms with Crippen molar-refractivity contribution in [3.8, 4) is 0 Å². The van der Waals surface area contributed by atoms with E-state index in [0.717, 1.165) is 44.1 Å². The van der Waals surface area contributed by atoms with E-state index in [1.165, 1.54) is 4.90 Å². The summed E-state index contributed by atoms with van der Waals surface area (Å²) in [6, 6.07) is 15.4. The van der Waals surface area contributed by atoms with Gasteiger partial charge in [-0.2, -0.15) is 0 Å². The fourth-order valence-corrected chi connectivity index (χ4v) is 2.96. The minimum Gasteiger partial charge on any atom is -0.353 e. The fourth-order valence-electron chi connectivity index (χ4n) is 2.62. The highest BCUT2D eigenvalue weighted by atomic mass is 32.1. The van der Waals surface area contributed by atoms with Gasteiger partial charge in [0.2, 0.25) is 6.41 Å². The van der Waals surface area contributed by atoms with E-state index in [2.05, 4.69) is 14.8 Å². The van der Waals surface area contributed by atoms with Crippen molar-refractivity contribution in [3.63, 3.8) is 0 Å². The summed E-state index contributed by atoms with van der Waals surface area (Å²) in [5.41, 5.74) is 0.791. The van der Waals surface area contributed by atoms with Gasteiger partial charge in [0.05, 0.1) is 5.69 Å². The van der Waals surface area contributed by atoms with E-state index in [0.29, 0.717) is 5.11 Å². The topological polar surface area (TPSA) is 39.7 Å². The average molecular weight is 326 g/mol. The Hall–Kier alpha value is -2.47. The van der Waals surface area contributed by atoms with E-state index in [1.54, 1.807) is 6.20 Å². The molecule has 6 heteroatoms. The van der Waals surface area contributed by atoms with Crippen LogP contribution >= 0.6 is 12.2 Å². The molecule has 0 saturated carbocycles. The molecule has 1 saturated heterocycles. The number of pyridine rings is 1. The Balaban J connectivity index is 1.65. The van der Waals surface area contributed by atoms with Crippen LogP contribution in [0.1, 0.15) is 0 Å². The predicted molar refractivity (Wildman–Crippen MR) is 95.6 cm³/mol. The molecule has 2 aromatic rings. The van der Waals surface area contributed by atoms with Gasteiger partial charge in [0.15, 0.2) is 5.11 Å². The number of amides is 1. The van der Waals surface area contributed by atoms with Crippen LogP contribution in [0.3, 0.4) is 0 Å². The summed E-state index contributed by atoms with van der Waals surface area (Å²) < 4.78 is 0. The molecule has 2 heterocycles. The monoisotopic (exact) mass is 326 g/mol. The van der Waals surface area contributed by atoms with Crippen LogP contribution in [0.2, 0.25) is 0 Å². The molecule has 0 unspecified atom stereocenters. The van der Waals surface area contributed by atoms with E-state index in [-0.39, 0.29) is 0 Å². The smallest absolute Gasteiger partial charge is 0.220 e. The van der Waals surface area contributed by atoms with Gasteiger partial charge >= 0.3 is 0 Å². The molecule has 0 N–H and O–H groups in total. The SMILES string of the molecule is O=CN(C(=S)N1CCN(c2ccccn2)CC1)c1ccccc1. The zero-order valence-electron chi connectivity index (χ0n) is 12.7. The van der Waals surface area contributed by atoms with E-state index in [1.807, 2.05) is 48.5 Å².